The van der Waals surface area contributed by atoms with Crippen molar-refractivity contribution in [2.45, 2.75) is 31.2 Å². The van der Waals surface area contributed by atoms with Crippen LogP contribution in [0.15, 0.2) is 53.4 Å². The highest BCUT2D eigenvalue weighted by Gasteiger charge is 2.34. The largest absolute Gasteiger partial charge is 0.455 e. The molecule has 1 N–H and O–H groups in total. The molecule has 1 unspecified atom stereocenters. The Morgan fingerprint density at radius 2 is 1.87 bits per heavy atom. The highest BCUT2D eigenvalue weighted by Crippen LogP contribution is 2.24. The van der Waals surface area contributed by atoms with Gasteiger partial charge in [0.1, 0.15) is 5.82 Å². The van der Waals surface area contributed by atoms with Crippen molar-refractivity contribution < 1.29 is 27.1 Å². The monoisotopic (exact) mass is 448 g/mol. The molecule has 0 aliphatic carbocycles. The van der Waals surface area contributed by atoms with Gasteiger partial charge in [0.25, 0.3) is 5.91 Å². The first-order valence-corrected chi connectivity index (χ1v) is 11.4. The number of hydrogen-bond acceptors (Lipinski definition) is 5. The van der Waals surface area contributed by atoms with Gasteiger partial charge in [-0.3, -0.25) is 9.59 Å². The summed E-state index contributed by atoms with van der Waals surface area (Å²) in [6.07, 6.45) is 0.957. The molecule has 1 aliphatic rings. The number of sulfonamides is 1. The highest BCUT2D eigenvalue weighted by molar-refractivity contribution is 7.89. The molecule has 0 aromatic heterocycles. The Morgan fingerprint density at radius 3 is 2.58 bits per heavy atom. The smallest absolute Gasteiger partial charge is 0.310 e. The fourth-order valence-corrected chi connectivity index (χ4v) is 4.94. The summed E-state index contributed by atoms with van der Waals surface area (Å²) >= 11 is 0. The van der Waals surface area contributed by atoms with E-state index in [1.54, 1.807) is 0 Å². The lowest BCUT2D eigenvalue weighted by molar-refractivity contribution is -0.153. The Balaban J connectivity index is 1.51. The summed E-state index contributed by atoms with van der Waals surface area (Å²) in [4.78, 5) is 24.4. The van der Waals surface area contributed by atoms with Gasteiger partial charge in [-0.05, 0) is 55.2 Å². The van der Waals surface area contributed by atoms with Crippen molar-refractivity contribution in [2.24, 2.45) is 5.92 Å². The molecule has 2 aromatic carbocycles. The lowest BCUT2D eigenvalue weighted by atomic mass is 10.00. The van der Waals surface area contributed by atoms with Crippen LogP contribution in [-0.4, -0.2) is 44.3 Å². The second kappa shape index (κ2) is 10.0. The van der Waals surface area contributed by atoms with Gasteiger partial charge in [0.15, 0.2) is 6.61 Å². The number of amides is 1. The van der Waals surface area contributed by atoms with Gasteiger partial charge >= 0.3 is 5.97 Å². The van der Waals surface area contributed by atoms with Crippen molar-refractivity contribution in [3.63, 3.8) is 0 Å². The first kappa shape index (κ1) is 22.9. The summed E-state index contributed by atoms with van der Waals surface area (Å²) in [5, 5.41) is 2.70. The van der Waals surface area contributed by atoms with Crippen LogP contribution in [0, 0.1) is 18.7 Å². The topological polar surface area (TPSA) is 92.8 Å². The lowest BCUT2D eigenvalue weighted by Crippen LogP contribution is -2.43. The normalized spacial score (nSPS) is 17.2. The summed E-state index contributed by atoms with van der Waals surface area (Å²) in [7, 11) is -3.84. The third kappa shape index (κ3) is 5.89. The molecular weight excluding hydrogens is 423 g/mol. The predicted molar refractivity (Wildman–Crippen MR) is 112 cm³/mol. The summed E-state index contributed by atoms with van der Waals surface area (Å²) < 4.78 is 45.0. The zero-order valence-corrected chi connectivity index (χ0v) is 18.0. The number of aryl methyl sites for hydroxylation is 1. The maximum atomic E-state index is 13.1. The summed E-state index contributed by atoms with van der Waals surface area (Å²) in [5.74, 6) is -2.22. The maximum Gasteiger partial charge on any atom is 0.310 e. The van der Waals surface area contributed by atoms with E-state index < -0.39 is 40.2 Å². The van der Waals surface area contributed by atoms with E-state index >= 15 is 0 Å². The SMILES string of the molecule is Cc1ccccc1CNC(=O)COC(=O)C1CCCN(S(=O)(=O)c2ccc(F)cc2)C1. The predicted octanol–water partition coefficient (Wildman–Crippen LogP) is 2.39. The standard InChI is InChI=1S/C22H25FN2O5S/c1-16-5-2-3-6-17(16)13-24-21(26)15-30-22(27)18-7-4-12-25(14-18)31(28,29)20-10-8-19(23)9-11-20/h2-3,5-6,8-11,18H,4,7,12-15H2,1H3,(H,24,26). The van der Waals surface area contributed by atoms with Gasteiger partial charge in [-0.1, -0.05) is 24.3 Å². The maximum absolute atomic E-state index is 13.1. The van der Waals surface area contributed by atoms with Crippen LogP contribution in [0.3, 0.4) is 0 Å². The number of nitrogens with zero attached hydrogens (tertiary/aromatic N) is 1. The molecule has 1 amide bonds. The van der Waals surface area contributed by atoms with Gasteiger partial charge in [-0.2, -0.15) is 4.31 Å². The number of piperidine rings is 1. The van der Waals surface area contributed by atoms with Crippen molar-refractivity contribution in [2.75, 3.05) is 19.7 Å². The highest BCUT2D eigenvalue weighted by atomic mass is 32.2. The van der Waals surface area contributed by atoms with Crippen LogP contribution in [0.4, 0.5) is 4.39 Å². The second-order valence-corrected chi connectivity index (χ2v) is 9.40. The Bertz CT molecular complexity index is 1040. The molecule has 3 rings (SSSR count). The number of benzene rings is 2. The molecule has 1 heterocycles. The number of ether oxygens (including phenoxy) is 1. The fourth-order valence-electron chi connectivity index (χ4n) is 3.42. The van der Waals surface area contributed by atoms with E-state index in [0.29, 0.717) is 19.4 Å². The third-order valence-electron chi connectivity index (χ3n) is 5.25. The Morgan fingerprint density at radius 1 is 1.16 bits per heavy atom. The molecule has 1 aliphatic heterocycles. The minimum atomic E-state index is -3.84. The van der Waals surface area contributed by atoms with Crippen LogP contribution >= 0.6 is 0 Å². The Hall–Kier alpha value is -2.78. The fraction of sp³-hybridized carbons (Fsp3) is 0.364. The van der Waals surface area contributed by atoms with Crippen LogP contribution in [0.5, 0.6) is 0 Å². The molecule has 1 fully saturated rings. The molecule has 0 saturated carbocycles. The molecule has 166 valence electrons. The van der Waals surface area contributed by atoms with E-state index in [9.17, 15) is 22.4 Å². The van der Waals surface area contributed by atoms with E-state index in [0.717, 1.165) is 23.3 Å². The van der Waals surface area contributed by atoms with Crippen LogP contribution < -0.4 is 5.32 Å². The average molecular weight is 449 g/mol. The van der Waals surface area contributed by atoms with Gasteiger partial charge < -0.3 is 10.1 Å². The summed E-state index contributed by atoms with van der Waals surface area (Å²) in [5.41, 5.74) is 2.01. The van der Waals surface area contributed by atoms with Crippen molar-refractivity contribution in [3.05, 3.63) is 65.5 Å². The minimum absolute atomic E-state index is 0.0292. The molecule has 1 atom stereocenters. The first-order chi connectivity index (χ1) is 14.8. The van der Waals surface area contributed by atoms with Crippen molar-refractivity contribution >= 4 is 21.9 Å². The zero-order valence-electron chi connectivity index (χ0n) is 17.2. The second-order valence-electron chi connectivity index (χ2n) is 7.47. The van der Waals surface area contributed by atoms with Gasteiger partial charge in [-0.25, -0.2) is 12.8 Å². The van der Waals surface area contributed by atoms with Gasteiger partial charge in [0.2, 0.25) is 10.0 Å². The molecule has 1 saturated heterocycles. The molecule has 0 bridgehead atoms. The number of hydrogen-bond donors (Lipinski definition) is 1. The third-order valence-corrected chi connectivity index (χ3v) is 7.13. The summed E-state index contributed by atoms with van der Waals surface area (Å²) in [6, 6.07) is 12.2. The van der Waals surface area contributed by atoms with Gasteiger partial charge in [0, 0.05) is 19.6 Å². The molecule has 0 radical (unpaired) electrons. The van der Waals surface area contributed by atoms with E-state index in [-0.39, 0.29) is 18.0 Å². The molecule has 9 heteroatoms. The number of halogens is 1. The average Bonchev–Trinajstić information content (AvgIpc) is 2.77. The zero-order chi connectivity index (χ0) is 22.4. The Labute approximate surface area is 181 Å². The van der Waals surface area contributed by atoms with Gasteiger partial charge in [0.05, 0.1) is 10.8 Å². The van der Waals surface area contributed by atoms with E-state index in [2.05, 4.69) is 5.32 Å². The number of rotatable bonds is 7. The van der Waals surface area contributed by atoms with Crippen molar-refractivity contribution in [1.29, 1.82) is 0 Å². The van der Waals surface area contributed by atoms with Crippen molar-refractivity contribution in [3.8, 4) is 0 Å². The molecule has 31 heavy (non-hydrogen) atoms. The number of carbonyl (C=O) groups is 2. The van der Waals surface area contributed by atoms with Crippen LogP contribution in [0.25, 0.3) is 0 Å². The molecule has 0 spiro atoms. The van der Waals surface area contributed by atoms with E-state index in [1.165, 1.54) is 16.4 Å². The minimum Gasteiger partial charge on any atom is -0.455 e. The first-order valence-electron chi connectivity index (χ1n) is 10.0. The van der Waals surface area contributed by atoms with Crippen LogP contribution in [0.2, 0.25) is 0 Å². The van der Waals surface area contributed by atoms with E-state index in [4.69, 9.17) is 4.74 Å². The van der Waals surface area contributed by atoms with E-state index in [1.807, 2.05) is 31.2 Å². The molecular formula is C22H25FN2O5S. The summed E-state index contributed by atoms with van der Waals surface area (Å²) in [6.45, 7) is 2.07. The quantitative estimate of drug-likeness (QED) is 0.657. The molecule has 7 nitrogen and oxygen atoms in total. The van der Waals surface area contributed by atoms with Crippen LogP contribution in [-0.2, 0) is 30.9 Å². The molecule has 2 aromatic rings. The van der Waals surface area contributed by atoms with Crippen molar-refractivity contribution in [1.82, 2.24) is 9.62 Å². The number of nitrogens with one attached hydrogen (secondary N) is 1. The number of esters is 1. The van der Waals surface area contributed by atoms with Gasteiger partial charge in [-0.15, -0.1) is 0 Å². The Kier molecular flexibility index (Phi) is 7.40. The number of carbonyl (C=O) groups excluding carboxylic acids is 2. The van der Waals surface area contributed by atoms with Crippen LogP contribution in [0.1, 0.15) is 24.0 Å². The lowest BCUT2D eigenvalue weighted by Gasteiger charge is -2.30.